The van der Waals surface area contributed by atoms with Crippen LogP contribution in [0.1, 0.15) is 13.3 Å². The van der Waals surface area contributed by atoms with Crippen molar-refractivity contribution in [1.82, 2.24) is 0 Å². The molecule has 0 aromatic heterocycles. The zero-order chi connectivity index (χ0) is 17.3. The molecular formula is C14H13ClN2O5S. The molecule has 0 spiro atoms. The number of amides is 1. The third kappa shape index (κ3) is 3.59. The number of hydrogen-bond donors (Lipinski definition) is 1. The van der Waals surface area contributed by atoms with E-state index in [1.54, 1.807) is 0 Å². The van der Waals surface area contributed by atoms with Crippen LogP contribution in [-0.2, 0) is 14.6 Å². The number of hydrogen-bond acceptors (Lipinski definition) is 5. The van der Waals surface area contributed by atoms with Crippen molar-refractivity contribution < 1.29 is 18.1 Å². The van der Waals surface area contributed by atoms with E-state index in [1.807, 2.05) is 0 Å². The van der Waals surface area contributed by atoms with Gasteiger partial charge in [0.25, 0.3) is 0 Å². The van der Waals surface area contributed by atoms with Crippen molar-refractivity contribution in [3.05, 3.63) is 57.5 Å². The van der Waals surface area contributed by atoms with Crippen molar-refractivity contribution in [2.45, 2.75) is 23.2 Å². The third-order valence-corrected chi connectivity index (χ3v) is 5.32. The van der Waals surface area contributed by atoms with Crippen LogP contribution in [0.4, 0.5) is 5.69 Å². The third-order valence-electron chi connectivity index (χ3n) is 3.15. The number of halogens is 1. The monoisotopic (exact) mass is 356 g/mol. The summed E-state index contributed by atoms with van der Waals surface area (Å²) in [6.45, 7) is 1.33. The first-order valence-corrected chi connectivity index (χ1v) is 8.37. The molecule has 1 amide bonds. The Morgan fingerprint density at radius 1 is 1.35 bits per heavy atom. The van der Waals surface area contributed by atoms with Gasteiger partial charge in [0.15, 0.2) is 0 Å². The van der Waals surface area contributed by atoms with Crippen LogP contribution in [0.5, 0.6) is 0 Å². The predicted octanol–water partition coefficient (Wildman–Crippen LogP) is 2.47. The average Bonchev–Trinajstić information content (AvgIpc) is 2.47. The predicted molar refractivity (Wildman–Crippen MR) is 85.3 cm³/mol. The topological polar surface area (TPSA) is 106 Å². The number of nitrogens with one attached hydrogen (secondary N) is 1. The van der Waals surface area contributed by atoms with Gasteiger partial charge in [-0.25, -0.2) is 8.42 Å². The Kier molecular flexibility index (Phi) is 4.58. The molecule has 0 saturated heterocycles. The maximum Gasteiger partial charge on any atom is 0.318 e. The smallest absolute Gasteiger partial charge is 0.318 e. The van der Waals surface area contributed by atoms with Crippen LogP contribution in [0, 0.1) is 10.1 Å². The number of nitro groups is 1. The second-order valence-electron chi connectivity index (χ2n) is 4.94. The van der Waals surface area contributed by atoms with Gasteiger partial charge in [0.2, 0.25) is 15.7 Å². The van der Waals surface area contributed by atoms with Gasteiger partial charge in [-0.1, -0.05) is 6.08 Å². The van der Waals surface area contributed by atoms with E-state index < -0.39 is 19.8 Å². The molecule has 0 radical (unpaired) electrons. The number of carbonyl (C=O) groups excluding carboxylic acids is 1. The normalized spacial score (nSPS) is 20.7. The summed E-state index contributed by atoms with van der Waals surface area (Å²) in [4.78, 5) is 19.0. The van der Waals surface area contributed by atoms with Crippen molar-refractivity contribution in [3.63, 3.8) is 0 Å². The Morgan fingerprint density at radius 2 is 1.96 bits per heavy atom. The highest BCUT2D eigenvalue weighted by Crippen LogP contribution is 2.33. The van der Waals surface area contributed by atoms with Gasteiger partial charge in [0.05, 0.1) is 16.2 Å². The minimum atomic E-state index is -3.94. The molecule has 122 valence electrons. The molecule has 1 aromatic rings. The van der Waals surface area contributed by atoms with E-state index in [1.165, 1.54) is 43.3 Å². The van der Waals surface area contributed by atoms with Crippen LogP contribution >= 0.6 is 11.6 Å². The molecule has 1 atom stereocenters. The maximum atomic E-state index is 12.5. The largest absolute Gasteiger partial charge is 0.326 e. The molecule has 0 saturated carbocycles. The Balaban J connectivity index is 2.38. The summed E-state index contributed by atoms with van der Waals surface area (Å²) in [5, 5.41) is 13.5. The van der Waals surface area contributed by atoms with Crippen molar-refractivity contribution in [3.8, 4) is 0 Å². The lowest BCUT2D eigenvalue weighted by Crippen LogP contribution is -2.31. The van der Waals surface area contributed by atoms with Gasteiger partial charge in [-0.2, -0.15) is 0 Å². The number of benzene rings is 1. The standard InChI is InChI=1S/C14H13ClN2O5S/c1-10(18)16-11-4-6-12(7-5-11)23(21,22)13-3-2-8-14(15,9-13)17(19)20/h2-7,9H,8H2,1H3,(H,16,18). The number of anilines is 1. The highest BCUT2D eigenvalue weighted by molar-refractivity contribution is 7.95. The van der Waals surface area contributed by atoms with E-state index in [4.69, 9.17) is 11.6 Å². The first-order chi connectivity index (χ1) is 10.6. The zero-order valence-electron chi connectivity index (χ0n) is 12.0. The first kappa shape index (κ1) is 17.2. The number of rotatable bonds is 4. The van der Waals surface area contributed by atoms with Gasteiger partial charge in [0, 0.05) is 23.6 Å². The summed E-state index contributed by atoms with van der Waals surface area (Å²) in [7, 11) is -3.94. The molecule has 0 heterocycles. The highest BCUT2D eigenvalue weighted by Gasteiger charge is 2.41. The van der Waals surface area contributed by atoms with E-state index >= 15 is 0 Å². The molecule has 0 bridgehead atoms. The maximum absolute atomic E-state index is 12.5. The van der Waals surface area contributed by atoms with Crippen molar-refractivity contribution >= 4 is 33.0 Å². The molecule has 9 heteroatoms. The molecule has 0 fully saturated rings. The molecule has 1 unspecified atom stereocenters. The van der Waals surface area contributed by atoms with Crippen LogP contribution in [0.25, 0.3) is 0 Å². The molecule has 1 aliphatic carbocycles. The number of sulfone groups is 1. The Morgan fingerprint density at radius 3 is 2.48 bits per heavy atom. The van der Waals surface area contributed by atoms with Gasteiger partial charge < -0.3 is 5.32 Å². The lowest BCUT2D eigenvalue weighted by Gasteiger charge is -2.18. The Bertz CT molecular complexity index is 814. The Hall–Kier alpha value is -2.19. The number of alkyl halides is 1. The van der Waals surface area contributed by atoms with Gasteiger partial charge in [-0.3, -0.25) is 14.9 Å². The molecule has 7 nitrogen and oxygen atoms in total. The van der Waals surface area contributed by atoms with Gasteiger partial charge in [-0.05, 0) is 41.9 Å². The second-order valence-corrected chi connectivity index (χ2v) is 7.54. The minimum absolute atomic E-state index is 0.0493. The van der Waals surface area contributed by atoms with Crippen molar-refractivity contribution in [2.24, 2.45) is 0 Å². The second kappa shape index (κ2) is 6.13. The molecule has 1 aromatic carbocycles. The Labute approximate surface area is 137 Å². The molecule has 1 aliphatic rings. The van der Waals surface area contributed by atoms with Crippen LogP contribution in [0.2, 0.25) is 0 Å². The van der Waals surface area contributed by atoms with Crippen LogP contribution in [0.15, 0.2) is 52.3 Å². The van der Waals surface area contributed by atoms with E-state index in [0.29, 0.717) is 5.69 Å². The van der Waals surface area contributed by atoms with Crippen LogP contribution in [-0.4, -0.2) is 24.2 Å². The SMILES string of the molecule is CC(=O)Nc1ccc(S(=O)(=O)C2=CC(Cl)([N+](=O)[O-])CC=C2)cc1. The summed E-state index contributed by atoms with van der Waals surface area (Å²) < 4.78 is 25.1. The molecule has 1 N–H and O–H groups in total. The van der Waals surface area contributed by atoms with E-state index in [2.05, 4.69) is 5.32 Å². The lowest BCUT2D eigenvalue weighted by molar-refractivity contribution is -0.527. The first-order valence-electron chi connectivity index (χ1n) is 6.51. The van der Waals surface area contributed by atoms with Gasteiger partial charge in [-0.15, -0.1) is 0 Å². The molecular weight excluding hydrogens is 344 g/mol. The number of carbonyl (C=O) groups is 1. The molecule has 0 aliphatic heterocycles. The van der Waals surface area contributed by atoms with Gasteiger partial charge in [0.1, 0.15) is 0 Å². The van der Waals surface area contributed by atoms with E-state index in [0.717, 1.165) is 6.08 Å². The molecule has 2 rings (SSSR count). The molecule has 23 heavy (non-hydrogen) atoms. The highest BCUT2D eigenvalue weighted by atomic mass is 35.5. The lowest BCUT2D eigenvalue weighted by atomic mass is 10.1. The van der Waals surface area contributed by atoms with Crippen molar-refractivity contribution in [2.75, 3.05) is 5.32 Å². The van der Waals surface area contributed by atoms with Crippen molar-refractivity contribution in [1.29, 1.82) is 0 Å². The fraction of sp³-hybridized carbons (Fsp3) is 0.214. The fourth-order valence-corrected chi connectivity index (χ4v) is 3.68. The summed E-state index contributed by atoms with van der Waals surface area (Å²) in [5.41, 5.74) is 0.446. The van der Waals surface area contributed by atoms with Crippen LogP contribution < -0.4 is 5.32 Å². The number of nitrogens with zero attached hydrogens (tertiary/aromatic N) is 1. The minimum Gasteiger partial charge on any atom is -0.326 e. The van der Waals surface area contributed by atoms with Crippen LogP contribution in [0.3, 0.4) is 0 Å². The number of allylic oxidation sites excluding steroid dienone is 1. The van der Waals surface area contributed by atoms with Gasteiger partial charge >= 0.3 is 5.00 Å². The summed E-state index contributed by atoms with van der Waals surface area (Å²) in [6, 6.07) is 5.49. The quantitative estimate of drug-likeness (QED) is 0.386. The average molecular weight is 357 g/mol. The zero-order valence-corrected chi connectivity index (χ0v) is 13.6. The summed E-state index contributed by atoms with van der Waals surface area (Å²) >= 11 is 5.84. The fourth-order valence-electron chi connectivity index (χ4n) is 2.02. The van der Waals surface area contributed by atoms with E-state index in [9.17, 15) is 23.3 Å². The van der Waals surface area contributed by atoms with E-state index in [-0.39, 0.29) is 22.1 Å². The summed E-state index contributed by atoms with van der Waals surface area (Å²) in [6.07, 6.45) is 3.49. The summed E-state index contributed by atoms with van der Waals surface area (Å²) in [5.74, 6) is -0.281.